The van der Waals surface area contributed by atoms with E-state index in [4.69, 9.17) is 4.74 Å². The van der Waals surface area contributed by atoms with Gasteiger partial charge in [0, 0.05) is 48.8 Å². The number of morpholine rings is 1. The van der Waals surface area contributed by atoms with Crippen molar-refractivity contribution in [2.75, 3.05) is 26.3 Å². The van der Waals surface area contributed by atoms with Crippen LogP contribution in [0.3, 0.4) is 0 Å². The maximum Gasteiger partial charge on any atom is 0.345 e. The first kappa shape index (κ1) is 20.2. The average molecular weight is 411 g/mol. The Morgan fingerprint density at radius 3 is 2.63 bits per heavy atom. The third-order valence-corrected chi connectivity index (χ3v) is 5.78. The van der Waals surface area contributed by atoms with Crippen LogP contribution in [0.2, 0.25) is 0 Å². The summed E-state index contributed by atoms with van der Waals surface area (Å²) in [6, 6.07) is 7.95. The molecule has 0 bridgehead atoms. The van der Waals surface area contributed by atoms with E-state index in [0.29, 0.717) is 17.7 Å². The zero-order chi connectivity index (χ0) is 21.4. The van der Waals surface area contributed by atoms with Gasteiger partial charge in [-0.15, -0.1) is 0 Å². The summed E-state index contributed by atoms with van der Waals surface area (Å²) in [5.74, 6) is -1.91. The van der Waals surface area contributed by atoms with Gasteiger partial charge in [-0.1, -0.05) is 13.0 Å². The number of aromatic amines is 1. The number of benzene rings is 1. The summed E-state index contributed by atoms with van der Waals surface area (Å²) in [7, 11) is 2.03. The third kappa shape index (κ3) is 3.48. The minimum atomic E-state index is -1.44. The summed E-state index contributed by atoms with van der Waals surface area (Å²) in [5.41, 5.74) is 2.40. The van der Waals surface area contributed by atoms with Crippen LogP contribution in [0.25, 0.3) is 22.2 Å². The summed E-state index contributed by atoms with van der Waals surface area (Å²) >= 11 is 0. The van der Waals surface area contributed by atoms with Gasteiger partial charge in [0.1, 0.15) is 5.75 Å². The number of pyridine rings is 1. The number of fused-ring (bicyclic) bond motifs is 1. The molecule has 158 valence electrons. The molecule has 0 radical (unpaired) electrons. The number of carboxylic acid groups (broad SMARTS) is 1. The van der Waals surface area contributed by atoms with Gasteiger partial charge in [0.2, 0.25) is 0 Å². The highest BCUT2D eigenvalue weighted by molar-refractivity contribution is 5.92. The van der Waals surface area contributed by atoms with Gasteiger partial charge in [0.05, 0.1) is 18.9 Å². The standard InChI is InChI=1S/C22H25N3O5/c1-3-16-19(23-21(27)18(20(16)26)22(28)29)13-4-5-17-14(10-13)11-15(24(17)2)12-25-6-8-30-9-7-25/h4-5,10-11H,3,6-9,12H2,1-2H3,(H,28,29)(H2,23,26,27). The smallest absolute Gasteiger partial charge is 0.345 e. The molecule has 0 unspecified atom stereocenters. The Morgan fingerprint density at radius 2 is 1.97 bits per heavy atom. The predicted octanol–water partition coefficient (Wildman–Crippen LogP) is 2.33. The lowest BCUT2D eigenvalue weighted by Crippen LogP contribution is -2.36. The SMILES string of the molecule is CCc1c(-c2ccc3c(c2)cc(CN2CCOCC2)n3C)[nH]c(=O)c(C(=O)O)c1O. The number of carboxylic acids is 1. The fourth-order valence-corrected chi connectivity index (χ4v) is 4.12. The van der Waals surface area contributed by atoms with Crippen LogP contribution < -0.4 is 5.56 Å². The number of H-pyrrole nitrogens is 1. The molecular weight excluding hydrogens is 386 g/mol. The molecule has 0 aliphatic carbocycles. The highest BCUT2D eigenvalue weighted by Gasteiger charge is 2.22. The monoisotopic (exact) mass is 411 g/mol. The number of nitrogens with zero attached hydrogens (tertiary/aromatic N) is 2. The Balaban J connectivity index is 1.77. The number of ether oxygens (including phenoxy) is 1. The van der Waals surface area contributed by atoms with Crippen molar-refractivity contribution in [3.8, 4) is 17.0 Å². The molecule has 4 rings (SSSR count). The lowest BCUT2D eigenvalue weighted by molar-refractivity contribution is 0.0333. The van der Waals surface area contributed by atoms with Gasteiger partial charge in [-0.25, -0.2) is 4.79 Å². The van der Waals surface area contributed by atoms with Crippen LogP contribution in [0.15, 0.2) is 29.1 Å². The number of aromatic nitrogens is 2. The quantitative estimate of drug-likeness (QED) is 0.595. The van der Waals surface area contributed by atoms with Gasteiger partial charge in [-0.3, -0.25) is 9.69 Å². The average Bonchev–Trinajstić information content (AvgIpc) is 3.03. The molecule has 1 fully saturated rings. The molecular formula is C22H25N3O5. The summed E-state index contributed by atoms with van der Waals surface area (Å²) in [5, 5.41) is 20.7. The maximum atomic E-state index is 12.3. The first-order valence-corrected chi connectivity index (χ1v) is 10.0. The lowest BCUT2D eigenvalue weighted by Gasteiger charge is -2.26. The molecule has 0 atom stereocenters. The summed E-state index contributed by atoms with van der Waals surface area (Å²) in [4.78, 5) is 28.6. The van der Waals surface area contributed by atoms with Crippen LogP contribution in [-0.2, 0) is 24.8 Å². The molecule has 1 saturated heterocycles. The topological polar surface area (TPSA) is 108 Å². The molecule has 0 amide bonds. The minimum absolute atomic E-state index is 0.382. The van der Waals surface area contributed by atoms with E-state index in [1.54, 1.807) is 0 Å². The minimum Gasteiger partial charge on any atom is -0.506 e. The highest BCUT2D eigenvalue weighted by atomic mass is 16.5. The van der Waals surface area contributed by atoms with Crippen molar-refractivity contribution in [1.29, 1.82) is 0 Å². The van der Waals surface area contributed by atoms with E-state index in [-0.39, 0.29) is 0 Å². The number of aromatic hydroxyl groups is 1. The van der Waals surface area contributed by atoms with Gasteiger partial charge in [0.25, 0.3) is 5.56 Å². The van der Waals surface area contributed by atoms with Crippen molar-refractivity contribution >= 4 is 16.9 Å². The molecule has 8 nitrogen and oxygen atoms in total. The fourth-order valence-electron chi connectivity index (χ4n) is 4.12. The Kier molecular flexibility index (Phi) is 5.36. The van der Waals surface area contributed by atoms with Crippen LogP contribution >= 0.6 is 0 Å². The first-order chi connectivity index (χ1) is 14.4. The van der Waals surface area contributed by atoms with Crippen LogP contribution in [0.5, 0.6) is 5.75 Å². The molecule has 8 heteroatoms. The fraction of sp³-hybridized carbons (Fsp3) is 0.364. The molecule has 30 heavy (non-hydrogen) atoms. The van der Waals surface area contributed by atoms with Crippen LogP contribution in [0.4, 0.5) is 0 Å². The third-order valence-electron chi connectivity index (χ3n) is 5.78. The number of hydrogen-bond donors (Lipinski definition) is 3. The number of hydrogen-bond acceptors (Lipinski definition) is 5. The molecule has 1 aliphatic heterocycles. The number of aryl methyl sites for hydroxylation is 1. The van der Waals surface area contributed by atoms with Gasteiger partial charge in [-0.2, -0.15) is 0 Å². The molecule has 2 aromatic heterocycles. The predicted molar refractivity (Wildman–Crippen MR) is 113 cm³/mol. The summed E-state index contributed by atoms with van der Waals surface area (Å²) < 4.78 is 7.58. The van der Waals surface area contributed by atoms with Crippen molar-refractivity contribution in [3.05, 3.63) is 51.4 Å². The van der Waals surface area contributed by atoms with E-state index >= 15 is 0 Å². The van der Waals surface area contributed by atoms with E-state index in [9.17, 15) is 19.8 Å². The van der Waals surface area contributed by atoms with Gasteiger partial charge >= 0.3 is 5.97 Å². The molecule has 1 aromatic carbocycles. The van der Waals surface area contributed by atoms with E-state index in [1.165, 1.54) is 5.69 Å². The van der Waals surface area contributed by atoms with E-state index in [0.717, 1.165) is 49.3 Å². The largest absolute Gasteiger partial charge is 0.506 e. The Bertz CT molecular complexity index is 1170. The molecule has 0 saturated carbocycles. The molecule has 0 spiro atoms. The van der Waals surface area contributed by atoms with E-state index < -0.39 is 22.8 Å². The van der Waals surface area contributed by atoms with Crippen molar-refractivity contribution in [1.82, 2.24) is 14.5 Å². The van der Waals surface area contributed by atoms with E-state index in [1.807, 2.05) is 32.2 Å². The van der Waals surface area contributed by atoms with Gasteiger partial charge < -0.3 is 24.5 Å². The van der Waals surface area contributed by atoms with Crippen LogP contribution in [0, 0.1) is 0 Å². The molecule has 3 aromatic rings. The Hall–Kier alpha value is -3.10. The zero-order valence-electron chi connectivity index (χ0n) is 17.1. The van der Waals surface area contributed by atoms with Crippen molar-refractivity contribution in [2.24, 2.45) is 7.05 Å². The molecule has 3 heterocycles. The maximum absolute atomic E-state index is 12.3. The second kappa shape index (κ2) is 7.97. The second-order valence-electron chi connectivity index (χ2n) is 7.55. The summed E-state index contributed by atoms with van der Waals surface area (Å²) in [6.07, 6.45) is 0.382. The number of nitrogens with one attached hydrogen (secondary N) is 1. The van der Waals surface area contributed by atoms with Crippen LogP contribution in [0.1, 0.15) is 28.5 Å². The van der Waals surface area contributed by atoms with E-state index in [2.05, 4.69) is 20.5 Å². The van der Waals surface area contributed by atoms with Gasteiger partial charge in [-0.05, 0) is 30.2 Å². The van der Waals surface area contributed by atoms with Crippen molar-refractivity contribution < 1.29 is 19.7 Å². The van der Waals surface area contributed by atoms with Crippen molar-refractivity contribution in [3.63, 3.8) is 0 Å². The van der Waals surface area contributed by atoms with Crippen molar-refractivity contribution in [2.45, 2.75) is 19.9 Å². The van der Waals surface area contributed by atoms with Crippen LogP contribution in [-0.4, -0.2) is 56.9 Å². The number of carbonyl (C=O) groups is 1. The zero-order valence-corrected chi connectivity index (χ0v) is 17.1. The Labute approximate surface area is 173 Å². The lowest BCUT2D eigenvalue weighted by atomic mass is 9.99. The van der Waals surface area contributed by atoms with Gasteiger partial charge in [0.15, 0.2) is 5.56 Å². The second-order valence-corrected chi connectivity index (χ2v) is 7.55. The summed E-state index contributed by atoms with van der Waals surface area (Å²) in [6.45, 7) is 5.94. The highest BCUT2D eigenvalue weighted by Crippen LogP contribution is 2.32. The molecule has 3 N–H and O–H groups in total. The number of aromatic carboxylic acids is 1. The number of rotatable bonds is 5. The normalized spacial score (nSPS) is 15.0. The Morgan fingerprint density at radius 1 is 1.23 bits per heavy atom. The molecule has 1 aliphatic rings. The first-order valence-electron chi connectivity index (χ1n) is 10.0.